The molecule has 8 heteroatoms. The van der Waals surface area contributed by atoms with Crippen molar-refractivity contribution in [3.05, 3.63) is 44.6 Å². The number of amides is 1. The third-order valence-corrected chi connectivity index (χ3v) is 2.72. The van der Waals surface area contributed by atoms with E-state index in [2.05, 4.69) is 25.6 Å². The van der Waals surface area contributed by atoms with Gasteiger partial charge in [0.2, 0.25) is 0 Å². The van der Waals surface area contributed by atoms with Gasteiger partial charge in [-0.1, -0.05) is 33.2 Å². The van der Waals surface area contributed by atoms with E-state index >= 15 is 0 Å². The molecule has 1 aromatic carbocycles. The summed E-state index contributed by atoms with van der Waals surface area (Å²) in [5.41, 5.74) is 4.89. The average Bonchev–Trinajstić information content (AvgIpc) is 2.74. The fourth-order valence-corrected chi connectivity index (χ4v) is 1.68. The molecule has 0 aliphatic heterocycles. The Bertz CT molecular complexity index is 621. The number of halogens is 1. The lowest BCUT2D eigenvalue weighted by molar-refractivity contribution is -0.384. The van der Waals surface area contributed by atoms with Crippen LogP contribution in [0.5, 0.6) is 0 Å². The molecule has 0 spiro atoms. The smallest absolute Gasteiger partial charge is 0.349 e. The molecule has 0 atom stereocenters. The SMILES string of the molecule is NC(=O)c1onc(-c2ccc(Br)cc2)c1[N+](=O)[O-]. The average molecular weight is 312 g/mol. The molecule has 2 rings (SSSR count). The van der Waals surface area contributed by atoms with E-state index in [1.807, 2.05) is 0 Å². The van der Waals surface area contributed by atoms with E-state index in [-0.39, 0.29) is 5.69 Å². The van der Waals surface area contributed by atoms with Crippen LogP contribution in [-0.4, -0.2) is 16.0 Å². The van der Waals surface area contributed by atoms with Crippen LogP contribution >= 0.6 is 15.9 Å². The molecule has 1 heterocycles. The lowest BCUT2D eigenvalue weighted by Gasteiger charge is -1.96. The molecule has 0 fully saturated rings. The van der Waals surface area contributed by atoms with Crippen LogP contribution in [0.1, 0.15) is 10.6 Å². The first-order chi connectivity index (χ1) is 8.50. The highest BCUT2D eigenvalue weighted by atomic mass is 79.9. The molecular weight excluding hydrogens is 306 g/mol. The van der Waals surface area contributed by atoms with Gasteiger partial charge in [-0.25, -0.2) is 0 Å². The van der Waals surface area contributed by atoms with E-state index in [4.69, 9.17) is 5.73 Å². The number of rotatable bonds is 3. The fraction of sp³-hybridized carbons (Fsp3) is 0. The van der Waals surface area contributed by atoms with Gasteiger partial charge in [-0.15, -0.1) is 0 Å². The predicted octanol–water partition coefficient (Wildman–Crippen LogP) is 2.11. The van der Waals surface area contributed by atoms with Crippen LogP contribution in [0.15, 0.2) is 33.3 Å². The minimum Gasteiger partial charge on any atom is -0.363 e. The highest BCUT2D eigenvalue weighted by Crippen LogP contribution is 2.32. The van der Waals surface area contributed by atoms with Crippen LogP contribution in [0, 0.1) is 10.1 Å². The van der Waals surface area contributed by atoms with E-state index in [9.17, 15) is 14.9 Å². The molecule has 7 nitrogen and oxygen atoms in total. The van der Waals surface area contributed by atoms with Gasteiger partial charge in [0.15, 0.2) is 5.69 Å². The molecule has 1 amide bonds. The van der Waals surface area contributed by atoms with Crippen LogP contribution in [0.3, 0.4) is 0 Å². The summed E-state index contributed by atoms with van der Waals surface area (Å²) >= 11 is 3.24. The number of aromatic nitrogens is 1. The lowest BCUT2D eigenvalue weighted by Crippen LogP contribution is -2.11. The van der Waals surface area contributed by atoms with Gasteiger partial charge < -0.3 is 10.3 Å². The molecular formula is C10H6BrN3O4. The summed E-state index contributed by atoms with van der Waals surface area (Å²) in [5.74, 6) is -1.59. The zero-order chi connectivity index (χ0) is 13.3. The molecule has 0 aliphatic rings. The standard InChI is InChI=1S/C10H6BrN3O4/c11-6-3-1-5(2-4-6)7-8(14(16)17)9(10(12)15)18-13-7/h1-4H,(H2,12,15). The topological polar surface area (TPSA) is 112 Å². The highest BCUT2D eigenvalue weighted by Gasteiger charge is 2.31. The molecule has 0 radical (unpaired) electrons. The number of nitrogens with zero attached hydrogens (tertiary/aromatic N) is 2. The van der Waals surface area contributed by atoms with Crippen LogP contribution in [-0.2, 0) is 0 Å². The van der Waals surface area contributed by atoms with Gasteiger partial charge in [0.05, 0.1) is 4.92 Å². The predicted molar refractivity (Wildman–Crippen MR) is 64.8 cm³/mol. The van der Waals surface area contributed by atoms with Crippen molar-refractivity contribution in [2.45, 2.75) is 0 Å². The summed E-state index contributed by atoms with van der Waals surface area (Å²) in [6.07, 6.45) is 0. The Morgan fingerprint density at radius 1 is 1.39 bits per heavy atom. The second-order valence-corrected chi connectivity index (χ2v) is 4.25. The third-order valence-electron chi connectivity index (χ3n) is 2.19. The lowest BCUT2D eigenvalue weighted by atomic mass is 10.1. The highest BCUT2D eigenvalue weighted by molar-refractivity contribution is 9.10. The summed E-state index contributed by atoms with van der Waals surface area (Å²) in [6.45, 7) is 0. The maximum atomic E-state index is 11.0. The summed E-state index contributed by atoms with van der Waals surface area (Å²) in [4.78, 5) is 21.2. The van der Waals surface area contributed by atoms with E-state index < -0.39 is 22.3 Å². The van der Waals surface area contributed by atoms with Gasteiger partial charge in [0.25, 0.3) is 5.91 Å². The molecule has 92 valence electrons. The fourth-order valence-electron chi connectivity index (χ4n) is 1.41. The quantitative estimate of drug-likeness (QED) is 0.689. The molecule has 0 saturated carbocycles. The van der Waals surface area contributed by atoms with Gasteiger partial charge in [-0.3, -0.25) is 14.9 Å². The van der Waals surface area contributed by atoms with Gasteiger partial charge in [-0.2, -0.15) is 0 Å². The normalized spacial score (nSPS) is 10.3. The van der Waals surface area contributed by atoms with Crippen molar-refractivity contribution in [2.24, 2.45) is 5.73 Å². The number of primary amides is 1. The molecule has 0 bridgehead atoms. The monoisotopic (exact) mass is 311 g/mol. The minimum atomic E-state index is -1.03. The maximum Gasteiger partial charge on any atom is 0.349 e. The van der Waals surface area contributed by atoms with Gasteiger partial charge in [-0.05, 0) is 12.1 Å². The van der Waals surface area contributed by atoms with Crippen LogP contribution in [0.25, 0.3) is 11.3 Å². The Hall–Kier alpha value is -2.22. The zero-order valence-electron chi connectivity index (χ0n) is 8.79. The van der Waals surface area contributed by atoms with E-state index in [0.717, 1.165) is 4.47 Å². The second kappa shape index (κ2) is 4.57. The third kappa shape index (κ3) is 2.09. The van der Waals surface area contributed by atoms with Crippen molar-refractivity contribution in [1.29, 1.82) is 0 Å². The number of benzene rings is 1. The van der Waals surface area contributed by atoms with Crippen LogP contribution < -0.4 is 5.73 Å². The minimum absolute atomic E-state index is 0.0266. The number of hydrogen-bond acceptors (Lipinski definition) is 5. The number of nitrogens with two attached hydrogens (primary N) is 1. The summed E-state index contributed by atoms with van der Waals surface area (Å²) in [7, 11) is 0. The van der Waals surface area contributed by atoms with E-state index in [0.29, 0.717) is 5.56 Å². The first-order valence-electron chi connectivity index (χ1n) is 4.70. The van der Waals surface area contributed by atoms with Gasteiger partial charge >= 0.3 is 11.4 Å². The molecule has 0 aliphatic carbocycles. The molecule has 2 N–H and O–H groups in total. The Kier molecular flexibility index (Phi) is 3.11. The van der Waals surface area contributed by atoms with Crippen LogP contribution in [0.4, 0.5) is 5.69 Å². The second-order valence-electron chi connectivity index (χ2n) is 3.34. The van der Waals surface area contributed by atoms with E-state index in [1.54, 1.807) is 24.3 Å². The number of carbonyl (C=O) groups excluding carboxylic acids is 1. The number of nitro groups is 1. The first-order valence-corrected chi connectivity index (χ1v) is 5.50. The summed E-state index contributed by atoms with van der Waals surface area (Å²) in [5, 5.41) is 14.5. The molecule has 2 aromatic rings. The first kappa shape index (κ1) is 12.2. The Morgan fingerprint density at radius 2 is 2.00 bits per heavy atom. The van der Waals surface area contributed by atoms with Crippen molar-refractivity contribution in [3.8, 4) is 11.3 Å². The van der Waals surface area contributed by atoms with Crippen molar-refractivity contribution in [1.82, 2.24) is 5.16 Å². The van der Waals surface area contributed by atoms with Gasteiger partial charge in [0.1, 0.15) is 0 Å². The number of carbonyl (C=O) groups is 1. The van der Waals surface area contributed by atoms with Crippen molar-refractivity contribution in [2.75, 3.05) is 0 Å². The molecule has 0 unspecified atom stereocenters. The maximum absolute atomic E-state index is 11.0. The molecule has 1 aromatic heterocycles. The van der Waals surface area contributed by atoms with Crippen molar-refractivity contribution >= 4 is 27.5 Å². The number of hydrogen-bond donors (Lipinski definition) is 1. The molecule has 0 saturated heterocycles. The van der Waals surface area contributed by atoms with Gasteiger partial charge in [0, 0.05) is 10.0 Å². The Morgan fingerprint density at radius 3 is 2.50 bits per heavy atom. The summed E-state index contributed by atoms with van der Waals surface area (Å²) in [6, 6.07) is 6.61. The largest absolute Gasteiger partial charge is 0.363 e. The Labute approximate surface area is 109 Å². The zero-order valence-corrected chi connectivity index (χ0v) is 10.4. The summed E-state index contributed by atoms with van der Waals surface area (Å²) < 4.78 is 5.44. The van der Waals surface area contributed by atoms with Crippen molar-refractivity contribution in [3.63, 3.8) is 0 Å². The Balaban J connectivity index is 2.61. The molecule has 18 heavy (non-hydrogen) atoms. The van der Waals surface area contributed by atoms with Crippen molar-refractivity contribution < 1.29 is 14.2 Å². The van der Waals surface area contributed by atoms with Crippen LogP contribution in [0.2, 0.25) is 0 Å². The van der Waals surface area contributed by atoms with E-state index in [1.165, 1.54) is 0 Å².